The molecule has 1 heterocycles. The van der Waals surface area contributed by atoms with Crippen molar-refractivity contribution in [3.8, 4) is 11.4 Å². The normalized spacial score (nSPS) is 15.7. The van der Waals surface area contributed by atoms with E-state index in [9.17, 15) is 0 Å². The quantitative estimate of drug-likeness (QED) is 0.894. The third-order valence-electron chi connectivity index (χ3n) is 4.38. The number of nitrogens with zero attached hydrogens (tertiary/aromatic N) is 2. The van der Waals surface area contributed by atoms with Gasteiger partial charge in [-0.15, -0.1) is 0 Å². The van der Waals surface area contributed by atoms with E-state index in [0.717, 1.165) is 17.1 Å². The molecule has 0 saturated heterocycles. The summed E-state index contributed by atoms with van der Waals surface area (Å²) in [5.74, 6) is 1.91. The minimum absolute atomic E-state index is 0.559. The zero-order valence-electron chi connectivity index (χ0n) is 12.2. The van der Waals surface area contributed by atoms with Gasteiger partial charge < -0.3 is 5.73 Å². The molecule has 1 fully saturated rings. The van der Waals surface area contributed by atoms with Gasteiger partial charge in [0.1, 0.15) is 5.82 Å². The Balaban J connectivity index is 2.07. The molecule has 1 aliphatic carbocycles. The van der Waals surface area contributed by atoms with Crippen LogP contribution in [0.1, 0.15) is 48.4 Å². The summed E-state index contributed by atoms with van der Waals surface area (Å²) < 4.78 is 0. The van der Waals surface area contributed by atoms with Crippen LogP contribution in [0.25, 0.3) is 11.4 Å². The lowest BCUT2D eigenvalue weighted by Crippen LogP contribution is -2.04. The van der Waals surface area contributed by atoms with Crippen molar-refractivity contribution in [1.29, 1.82) is 0 Å². The summed E-state index contributed by atoms with van der Waals surface area (Å²) in [4.78, 5) is 9.24. The third kappa shape index (κ3) is 2.40. The first-order valence-corrected chi connectivity index (χ1v) is 7.36. The van der Waals surface area contributed by atoms with Crippen LogP contribution in [0, 0.1) is 13.8 Å². The number of nitrogens with two attached hydrogens (primary N) is 1. The molecule has 3 rings (SSSR count). The highest BCUT2D eigenvalue weighted by Crippen LogP contribution is 2.34. The second kappa shape index (κ2) is 5.23. The van der Waals surface area contributed by atoms with Crippen molar-refractivity contribution in [2.75, 3.05) is 5.73 Å². The van der Waals surface area contributed by atoms with Crippen molar-refractivity contribution >= 4 is 5.82 Å². The Hall–Kier alpha value is -1.90. The molecule has 2 N–H and O–H groups in total. The van der Waals surface area contributed by atoms with E-state index in [-0.39, 0.29) is 0 Å². The van der Waals surface area contributed by atoms with Crippen LogP contribution in [0.15, 0.2) is 24.3 Å². The van der Waals surface area contributed by atoms with E-state index >= 15 is 0 Å². The molecule has 2 aromatic rings. The molecule has 0 atom stereocenters. The summed E-state index contributed by atoms with van der Waals surface area (Å²) in [7, 11) is 0. The van der Waals surface area contributed by atoms with Crippen LogP contribution in [0.2, 0.25) is 0 Å². The largest absolute Gasteiger partial charge is 0.384 e. The highest BCUT2D eigenvalue weighted by molar-refractivity contribution is 5.63. The zero-order chi connectivity index (χ0) is 14.1. The fraction of sp³-hybridized carbons (Fsp3) is 0.412. The lowest BCUT2D eigenvalue weighted by Gasteiger charge is -2.13. The van der Waals surface area contributed by atoms with Crippen LogP contribution in [0.3, 0.4) is 0 Å². The van der Waals surface area contributed by atoms with Gasteiger partial charge in [0, 0.05) is 23.2 Å². The van der Waals surface area contributed by atoms with Crippen molar-refractivity contribution in [3.63, 3.8) is 0 Å². The van der Waals surface area contributed by atoms with E-state index in [1.54, 1.807) is 0 Å². The predicted molar refractivity (Wildman–Crippen MR) is 82.6 cm³/mol. The SMILES string of the molecule is Cc1cccc(-c2nc(N)cc(C3CCCC3)n2)c1C. The fourth-order valence-corrected chi connectivity index (χ4v) is 3.03. The van der Waals surface area contributed by atoms with Gasteiger partial charge in [0.15, 0.2) is 5.82 Å². The fourth-order valence-electron chi connectivity index (χ4n) is 3.03. The molecule has 0 aliphatic heterocycles. The Morgan fingerprint density at radius 2 is 1.85 bits per heavy atom. The summed E-state index contributed by atoms with van der Waals surface area (Å²) in [5.41, 5.74) is 10.7. The minimum atomic E-state index is 0.559. The highest BCUT2D eigenvalue weighted by Gasteiger charge is 2.20. The molecule has 104 valence electrons. The van der Waals surface area contributed by atoms with Crippen molar-refractivity contribution in [2.24, 2.45) is 0 Å². The molecule has 0 radical (unpaired) electrons. The van der Waals surface area contributed by atoms with E-state index in [0.29, 0.717) is 11.7 Å². The third-order valence-corrected chi connectivity index (χ3v) is 4.38. The molecule has 20 heavy (non-hydrogen) atoms. The maximum atomic E-state index is 6.00. The molecule has 3 heteroatoms. The van der Waals surface area contributed by atoms with Crippen LogP contribution in [-0.4, -0.2) is 9.97 Å². The Morgan fingerprint density at radius 1 is 1.10 bits per heavy atom. The summed E-state index contributed by atoms with van der Waals surface area (Å²) in [6, 6.07) is 8.20. The predicted octanol–water partition coefficient (Wildman–Crippen LogP) is 4.00. The number of anilines is 1. The van der Waals surface area contributed by atoms with Gasteiger partial charge in [0.2, 0.25) is 0 Å². The Morgan fingerprint density at radius 3 is 2.60 bits per heavy atom. The van der Waals surface area contributed by atoms with Gasteiger partial charge in [-0.1, -0.05) is 31.0 Å². The van der Waals surface area contributed by atoms with Gasteiger partial charge in [0.05, 0.1) is 0 Å². The van der Waals surface area contributed by atoms with Gasteiger partial charge in [-0.3, -0.25) is 0 Å². The molecule has 1 saturated carbocycles. The maximum absolute atomic E-state index is 6.00. The topological polar surface area (TPSA) is 51.8 Å². The smallest absolute Gasteiger partial charge is 0.162 e. The molecule has 1 aliphatic rings. The van der Waals surface area contributed by atoms with Crippen LogP contribution in [0.4, 0.5) is 5.82 Å². The number of hydrogen-bond acceptors (Lipinski definition) is 3. The number of nitrogen functional groups attached to an aromatic ring is 1. The first kappa shape index (κ1) is 13.1. The number of aromatic nitrogens is 2. The van der Waals surface area contributed by atoms with Crippen LogP contribution in [-0.2, 0) is 0 Å². The summed E-state index contributed by atoms with van der Waals surface area (Å²) in [5, 5.41) is 0. The molecule has 1 aromatic carbocycles. The molecule has 0 unspecified atom stereocenters. The van der Waals surface area contributed by atoms with Gasteiger partial charge in [-0.2, -0.15) is 0 Å². The lowest BCUT2D eigenvalue weighted by molar-refractivity contribution is 0.696. The summed E-state index contributed by atoms with van der Waals surface area (Å²) in [6.07, 6.45) is 5.05. The molecule has 0 spiro atoms. The van der Waals surface area contributed by atoms with E-state index < -0.39 is 0 Å². The van der Waals surface area contributed by atoms with Crippen LogP contribution in [0.5, 0.6) is 0 Å². The van der Waals surface area contributed by atoms with E-state index in [1.807, 2.05) is 6.07 Å². The summed E-state index contributed by atoms with van der Waals surface area (Å²) >= 11 is 0. The van der Waals surface area contributed by atoms with Crippen LogP contribution >= 0.6 is 0 Å². The zero-order valence-corrected chi connectivity index (χ0v) is 12.2. The standard InChI is InChI=1S/C17H21N3/c1-11-6-5-9-14(12(11)2)17-19-15(10-16(18)20-17)13-7-3-4-8-13/h5-6,9-10,13H,3-4,7-8H2,1-2H3,(H2,18,19,20). The first-order chi connectivity index (χ1) is 9.65. The highest BCUT2D eigenvalue weighted by atomic mass is 14.9. The van der Waals surface area contributed by atoms with Gasteiger partial charge in [-0.05, 0) is 37.8 Å². The van der Waals surface area contributed by atoms with E-state index in [1.165, 1.54) is 36.8 Å². The Kier molecular flexibility index (Phi) is 3.43. The van der Waals surface area contributed by atoms with Gasteiger partial charge in [-0.25, -0.2) is 9.97 Å². The van der Waals surface area contributed by atoms with Crippen molar-refractivity contribution in [3.05, 3.63) is 41.1 Å². The van der Waals surface area contributed by atoms with E-state index in [2.05, 4.69) is 37.0 Å². The summed E-state index contributed by atoms with van der Waals surface area (Å²) in [6.45, 7) is 4.23. The van der Waals surface area contributed by atoms with Crippen molar-refractivity contribution in [1.82, 2.24) is 9.97 Å². The molecule has 1 aromatic heterocycles. The second-order valence-electron chi connectivity index (χ2n) is 5.77. The van der Waals surface area contributed by atoms with Crippen molar-refractivity contribution < 1.29 is 0 Å². The molecule has 0 amide bonds. The number of benzene rings is 1. The minimum Gasteiger partial charge on any atom is -0.384 e. The molecule has 3 nitrogen and oxygen atoms in total. The number of rotatable bonds is 2. The Labute approximate surface area is 120 Å². The van der Waals surface area contributed by atoms with E-state index in [4.69, 9.17) is 10.7 Å². The first-order valence-electron chi connectivity index (χ1n) is 7.36. The molecule has 0 bridgehead atoms. The number of hydrogen-bond donors (Lipinski definition) is 1. The lowest BCUT2D eigenvalue weighted by atomic mass is 10.0. The van der Waals surface area contributed by atoms with Gasteiger partial charge in [0.25, 0.3) is 0 Å². The monoisotopic (exact) mass is 267 g/mol. The van der Waals surface area contributed by atoms with Crippen LogP contribution < -0.4 is 5.73 Å². The van der Waals surface area contributed by atoms with Crippen molar-refractivity contribution in [2.45, 2.75) is 45.4 Å². The molecular formula is C17H21N3. The average Bonchev–Trinajstić information content (AvgIpc) is 2.95. The molecular weight excluding hydrogens is 246 g/mol. The Bertz CT molecular complexity index is 628. The average molecular weight is 267 g/mol. The maximum Gasteiger partial charge on any atom is 0.162 e. The van der Waals surface area contributed by atoms with Gasteiger partial charge >= 0.3 is 0 Å². The number of aryl methyl sites for hydroxylation is 1. The second-order valence-corrected chi connectivity index (χ2v) is 5.77.